The fraction of sp³-hybridized carbons (Fsp3) is 0.750. The average molecular weight is 235 g/mol. The Labute approximate surface area is 103 Å². The minimum Gasteiger partial charge on any atom is -0.351 e. The van der Waals surface area contributed by atoms with Crippen molar-refractivity contribution in [1.29, 1.82) is 0 Å². The molecule has 2 heterocycles. The van der Waals surface area contributed by atoms with Gasteiger partial charge in [-0.25, -0.2) is 4.98 Å². The van der Waals surface area contributed by atoms with Gasteiger partial charge in [0.2, 0.25) is 5.95 Å². The first-order valence-electron chi connectivity index (χ1n) is 6.32. The topological polar surface area (TPSA) is 53.9 Å². The molecular formula is C12H21N5. The lowest BCUT2D eigenvalue weighted by Crippen LogP contribution is -2.35. The number of nitrogens with one attached hydrogen (secondary N) is 1. The van der Waals surface area contributed by atoms with Gasteiger partial charge in [0.25, 0.3) is 0 Å². The van der Waals surface area contributed by atoms with E-state index in [4.69, 9.17) is 0 Å². The van der Waals surface area contributed by atoms with Gasteiger partial charge in [0, 0.05) is 12.6 Å². The molecule has 5 heteroatoms. The van der Waals surface area contributed by atoms with Crippen LogP contribution in [0.5, 0.6) is 0 Å². The summed E-state index contributed by atoms with van der Waals surface area (Å²) in [4.78, 5) is 6.87. The molecule has 1 aromatic rings. The fourth-order valence-electron chi connectivity index (χ4n) is 2.08. The van der Waals surface area contributed by atoms with Crippen molar-refractivity contribution >= 4 is 5.95 Å². The van der Waals surface area contributed by atoms with Gasteiger partial charge < -0.3 is 5.32 Å². The van der Waals surface area contributed by atoms with E-state index in [1.165, 1.54) is 25.9 Å². The number of aryl methyl sites for hydroxylation is 2. The van der Waals surface area contributed by atoms with Gasteiger partial charge in [-0.2, -0.15) is 5.10 Å². The van der Waals surface area contributed by atoms with Crippen LogP contribution in [0.25, 0.3) is 0 Å². The van der Waals surface area contributed by atoms with Crippen molar-refractivity contribution in [2.75, 3.05) is 25.0 Å². The van der Waals surface area contributed by atoms with Crippen LogP contribution in [0.3, 0.4) is 0 Å². The van der Waals surface area contributed by atoms with Crippen molar-refractivity contribution in [2.24, 2.45) is 0 Å². The van der Waals surface area contributed by atoms with Gasteiger partial charge in [-0.15, -0.1) is 5.10 Å². The van der Waals surface area contributed by atoms with Crippen molar-refractivity contribution in [1.82, 2.24) is 20.1 Å². The van der Waals surface area contributed by atoms with Crippen molar-refractivity contribution < 1.29 is 0 Å². The minimum absolute atomic E-state index is 0.530. The first kappa shape index (κ1) is 12.2. The molecule has 1 aliphatic rings. The third-order valence-corrected chi connectivity index (χ3v) is 3.41. The standard InChI is InChI=1S/C12H21N5/c1-9(17-6-4-5-7-17)8-13-12-14-10(2)11(3)15-16-12/h9H,4-8H2,1-3H3,(H,13,14,16). The lowest BCUT2D eigenvalue weighted by atomic mass is 10.3. The van der Waals surface area contributed by atoms with Crippen LogP contribution in [0.4, 0.5) is 5.95 Å². The van der Waals surface area contributed by atoms with E-state index in [9.17, 15) is 0 Å². The number of nitrogens with zero attached hydrogens (tertiary/aromatic N) is 4. The van der Waals surface area contributed by atoms with Crippen LogP contribution in [0.2, 0.25) is 0 Å². The van der Waals surface area contributed by atoms with Crippen LogP contribution >= 0.6 is 0 Å². The molecule has 1 saturated heterocycles. The normalized spacial score (nSPS) is 18.3. The van der Waals surface area contributed by atoms with Crippen LogP contribution in [0, 0.1) is 13.8 Å². The van der Waals surface area contributed by atoms with Gasteiger partial charge in [0.15, 0.2) is 0 Å². The SMILES string of the molecule is Cc1nnc(NCC(C)N2CCCC2)nc1C. The minimum atomic E-state index is 0.530. The zero-order chi connectivity index (χ0) is 12.3. The van der Waals surface area contributed by atoms with Crippen LogP contribution in [0.1, 0.15) is 31.2 Å². The van der Waals surface area contributed by atoms with Crippen LogP contribution in [-0.4, -0.2) is 45.8 Å². The molecule has 0 bridgehead atoms. The fourth-order valence-corrected chi connectivity index (χ4v) is 2.08. The molecule has 0 aliphatic carbocycles. The Balaban J connectivity index is 1.86. The molecule has 1 unspecified atom stereocenters. The van der Waals surface area contributed by atoms with E-state index in [0.717, 1.165) is 17.9 Å². The molecular weight excluding hydrogens is 214 g/mol. The summed E-state index contributed by atoms with van der Waals surface area (Å²) in [6.07, 6.45) is 2.65. The molecule has 0 radical (unpaired) electrons. The molecule has 1 fully saturated rings. The Morgan fingerprint density at radius 2 is 1.88 bits per heavy atom. The average Bonchev–Trinajstić information content (AvgIpc) is 2.84. The maximum Gasteiger partial charge on any atom is 0.243 e. The predicted octanol–water partition coefficient (Wildman–Crippen LogP) is 1.38. The highest BCUT2D eigenvalue weighted by atomic mass is 15.3. The molecule has 2 rings (SSSR count). The van der Waals surface area contributed by atoms with E-state index < -0.39 is 0 Å². The van der Waals surface area contributed by atoms with Crippen molar-refractivity contribution in [3.63, 3.8) is 0 Å². The van der Waals surface area contributed by atoms with E-state index in [1.807, 2.05) is 13.8 Å². The van der Waals surface area contributed by atoms with Crippen molar-refractivity contribution in [2.45, 2.75) is 39.7 Å². The lowest BCUT2D eigenvalue weighted by molar-refractivity contribution is 0.269. The second-order valence-electron chi connectivity index (χ2n) is 4.78. The predicted molar refractivity (Wildman–Crippen MR) is 68.1 cm³/mol. The van der Waals surface area contributed by atoms with Gasteiger partial charge in [0.05, 0.1) is 11.4 Å². The highest BCUT2D eigenvalue weighted by Crippen LogP contribution is 2.11. The summed E-state index contributed by atoms with van der Waals surface area (Å²) in [5, 5.41) is 11.4. The van der Waals surface area contributed by atoms with E-state index in [2.05, 4.69) is 32.3 Å². The summed E-state index contributed by atoms with van der Waals surface area (Å²) in [5.74, 6) is 0.638. The third-order valence-electron chi connectivity index (χ3n) is 3.41. The molecule has 1 aromatic heterocycles. The van der Waals surface area contributed by atoms with E-state index in [-0.39, 0.29) is 0 Å². The summed E-state index contributed by atoms with van der Waals surface area (Å²) < 4.78 is 0. The van der Waals surface area contributed by atoms with Gasteiger partial charge in [-0.3, -0.25) is 4.90 Å². The van der Waals surface area contributed by atoms with Crippen LogP contribution in [-0.2, 0) is 0 Å². The number of hydrogen-bond donors (Lipinski definition) is 1. The molecule has 5 nitrogen and oxygen atoms in total. The molecule has 94 valence electrons. The number of anilines is 1. The molecule has 0 saturated carbocycles. The Hall–Kier alpha value is -1.23. The summed E-state index contributed by atoms with van der Waals surface area (Å²) in [6, 6.07) is 0.530. The zero-order valence-corrected chi connectivity index (χ0v) is 10.9. The second kappa shape index (κ2) is 5.40. The highest BCUT2D eigenvalue weighted by Gasteiger charge is 2.17. The number of hydrogen-bond acceptors (Lipinski definition) is 5. The largest absolute Gasteiger partial charge is 0.351 e. The van der Waals surface area contributed by atoms with E-state index in [1.54, 1.807) is 0 Å². The number of likely N-dealkylation sites (tertiary alicyclic amines) is 1. The zero-order valence-electron chi connectivity index (χ0n) is 10.9. The molecule has 17 heavy (non-hydrogen) atoms. The van der Waals surface area contributed by atoms with Crippen LogP contribution in [0.15, 0.2) is 0 Å². The Morgan fingerprint density at radius 3 is 2.53 bits per heavy atom. The van der Waals surface area contributed by atoms with Crippen molar-refractivity contribution in [3.05, 3.63) is 11.4 Å². The summed E-state index contributed by atoms with van der Waals surface area (Å²) in [5.41, 5.74) is 1.83. The van der Waals surface area contributed by atoms with E-state index in [0.29, 0.717) is 12.0 Å². The van der Waals surface area contributed by atoms with Crippen LogP contribution < -0.4 is 5.32 Å². The second-order valence-corrected chi connectivity index (χ2v) is 4.78. The molecule has 0 spiro atoms. The first-order chi connectivity index (χ1) is 8.16. The smallest absolute Gasteiger partial charge is 0.243 e. The quantitative estimate of drug-likeness (QED) is 0.854. The van der Waals surface area contributed by atoms with Gasteiger partial charge in [-0.05, 0) is 46.7 Å². The van der Waals surface area contributed by atoms with Gasteiger partial charge in [-0.1, -0.05) is 0 Å². The monoisotopic (exact) mass is 235 g/mol. The maximum absolute atomic E-state index is 4.37. The van der Waals surface area contributed by atoms with Gasteiger partial charge in [0.1, 0.15) is 0 Å². The van der Waals surface area contributed by atoms with E-state index >= 15 is 0 Å². The van der Waals surface area contributed by atoms with Crippen molar-refractivity contribution in [3.8, 4) is 0 Å². The molecule has 0 aromatic carbocycles. The summed E-state index contributed by atoms with van der Waals surface area (Å²) in [6.45, 7) is 9.44. The molecule has 0 amide bonds. The number of rotatable bonds is 4. The molecule has 1 aliphatic heterocycles. The highest BCUT2D eigenvalue weighted by molar-refractivity contribution is 5.24. The summed E-state index contributed by atoms with van der Waals surface area (Å²) >= 11 is 0. The number of aromatic nitrogens is 3. The first-order valence-corrected chi connectivity index (χ1v) is 6.32. The Morgan fingerprint density at radius 1 is 1.18 bits per heavy atom. The molecule has 1 atom stereocenters. The third kappa shape index (κ3) is 3.12. The Kier molecular flexibility index (Phi) is 3.89. The Bertz CT molecular complexity index is 373. The van der Waals surface area contributed by atoms with Gasteiger partial charge >= 0.3 is 0 Å². The lowest BCUT2D eigenvalue weighted by Gasteiger charge is -2.23. The summed E-state index contributed by atoms with van der Waals surface area (Å²) in [7, 11) is 0. The maximum atomic E-state index is 4.37. The molecule has 1 N–H and O–H groups in total.